The summed E-state index contributed by atoms with van der Waals surface area (Å²) in [6.07, 6.45) is 0.990. The fourth-order valence-electron chi connectivity index (χ4n) is 3.03. The highest BCUT2D eigenvalue weighted by Crippen LogP contribution is 2.27. The molecule has 0 aromatic heterocycles. The number of carbonyl (C=O) groups excluding carboxylic acids is 2. The zero-order valence-corrected chi connectivity index (χ0v) is 16.7. The lowest BCUT2D eigenvalue weighted by Crippen LogP contribution is -2.42. The number of nitrogens with zero attached hydrogens (tertiary/aromatic N) is 2. The zero-order valence-electron chi connectivity index (χ0n) is 16.7. The van der Waals surface area contributed by atoms with E-state index in [1.807, 2.05) is 0 Å². The zero-order chi connectivity index (χ0) is 20.9. The lowest BCUT2D eigenvalue weighted by molar-refractivity contribution is -0.384. The van der Waals surface area contributed by atoms with E-state index in [0.717, 1.165) is 12.8 Å². The van der Waals surface area contributed by atoms with E-state index in [1.54, 1.807) is 25.7 Å². The van der Waals surface area contributed by atoms with Crippen molar-refractivity contribution in [3.63, 3.8) is 0 Å². The van der Waals surface area contributed by atoms with Gasteiger partial charge in [-0.1, -0.05) is 0 Å². The number of piperidine rings is 1. The maximum atomic E-state index is 12.8. The summed E-state index contributed by atoms with van der Waals surface area (Å²) in [5.41, 5.74) is -0.514. The minimum atomic E-state index is -0.544. The van der Waals surface area contributed by atoms with E-state index in [-0.39, 0.29) is 23.1 Å². The Balaban J connectivity index is 1.93. The van der Waals surface area contributed by atoms with Crippen molar-refractivity contribution < 1.29 is 24.0 Å². The fourth-order valence-corrected chi connectivity index (χ4v) is 3.03. The van der Waals surface area contributed by atoms with Gasteiger partial charge in [0.1, 0.15) is 11.4 Å². The SMILES string of the molecule is COc1ccc([N+](=O)[O-])cc1C(=O)N1CCC(CNC(=O)OC(C)(C)C)CC1. The standard InChI is InChI=1S/C19H27N3O6/c1-19(2,3)28-18(24)20-12-13-7-9-21(10-8-13)17(23)15-11-14(22(25)26)5-6-16(15)27-4/h5-6,11,13H,7-10,12H2,1-4H3,(H,20,24). The first-order chi connectivity index (χ1) is 13.1. The van der Waals surface area contributed by atoms with Crippen molar-refractivity contribution in [2.75, 3.05) is 26.7 Å². The quantitative estimate of drug-likeness (QED) is 0.608. The number of rotatable bonds is 5. The molecule has 0 saturated carbocycles. The highest BCUT2D eigenvalue weighted by molar-refractivity contribution is 5.97. The molecule has 1 heterocycles. The fraction of sp³-hybridized carbons (Fsp3) is 0.579. The van der Waals surface area contributed by atoms with Crippen molar-refractivity contribution in [3.05, 3.63) is 33.9 Å². The molecule has 0 spiro atoms. The van der Waals surface area contributed by atoms with E-state index in [4.69, 9.17) is 9.47 Å². The number of ether oxygens (including phenoxy) is 2. The molecule has 0 bridgehead atoms. The van der Waals surface area contributed by atoms with Crippen LogP contribution in [-0.4, -0.2) is 54.2 Å². The third kappa shape index (κ3) is 5.83. The Kier molecular flexibility index (Phi) is 6.82. The van der Waals surface area contributed by atoms with Gasteiger partial charge in [0.05, 0.1) is 17.6 Å². The molecule has 9 nitrogen and oxygen atoms in total. The number of carbonyl (C=O) groups is 2. The first-order valence-electron chi connectivity index (χ1n) is 9.19. The molecule has 0 aliphatic carbocycles. The molecule has 2 amide bonds. The molecule has 1 aliphatic rings. The van der Waals surface area contributed by atoms with Gasteiger partial charge in [0.15, 0.2) is 0 Å². The molecule has 1 aromatic rings. The van der Waals surface area contributed by atoms with Crippen LogP contribution >= 0.6 is 0 Å². The average Bonchev–Trinajstić information content (AvgIpc) is 2.64. The number of nitro benzene ring substituents is 1. The largest absolute Gasteiger partial charge is 0.496 e. The van der Waals surface area contributed by atoms with Crippen molar-refractivity contribution in [1.82, 2.24) is 10.2 Å². The molecule has 0 radical (unpaired) electrons. The van der Waals surface area contributed by atoms with Crippen LogP contribution < -0.4 is 10.1 Å². The predicted octanol–water partition coefficient (Wildman–Crippen LogP) is 2.98. The van der Waals surface area contributed by atoms with E-state index in [2.05, 4.69) is 5.32 Å². The Morgan fingerprint density at radius 2 is 1.93 bits per heavy atom. The molecule has 1 saturated heterocycles. The lowest BCUT2D eigenvalue weighted by Gasteiger charge is -2.32. The number of alkyl carbamates (subject to hydrolysis) is 1. The molecular weight excluding hydrogens is 366 g/mol. The van der Waals surface area contributed by atoms with Gasteiger partial charge >= 0.3 is 6.09 Å². The third-order valence-electron chi connectivity index (χ3n) is 4.46. The number of nitrogens with one attached hydrogen (secondary N) is 1. The van der Waals surface area contributed by atoms with Gasteiger partial charge < -0.3 is 19.7 Å². The lowest BCUT2D eigenvalue weighted by atomic mass is 9.96. The van der Waals surface area contributed by atoms with Gasteiger partial charge in [-0.3, -0.25) is 14.9 Å². The second-order valence-corrected chi connectivity index (χ2v) is 7.76. The number of benzene rings is 1. The maximum absolute atomic E-state index is 12.8. The molecule has 2 rings (SSSR count). The summed E-state index contributed by atoms with van der Waals surface area (Å²) in [6.45, 7) is 6.91. The number of amides is 2. The number of hydrogen-bond acceptors (Lipinski definition) is 6. The van der Waals surface area contributed by atoms with Crippen molar-refractivity contribution in [2.24, 2.45) is 5.92 Å². The van der Waals surface area contributed by atoms with Crippen LogP contribution in [0.4, 0.5) is 10.5 Å². The molecule has 0 unspecified atom stereocenters. The monoisotopic (exact) mass is 393 g/mol. The smallest absolute Gasteiger partial charge is 0.407 e. The molecule has 28 heavy (non-hydrogen) atoms. The highest BCUT2D eigenvalue weighted by Gasteiger charge is 2.27. The molecule has 9 heteroatoms. The molecule has 1 aliphatic heterocycles. The number of methoxy groups -OCH3 is 1. The normalized spacial score (nSPS) is 15.1. The molecule has 1 N–H and O–H groups in total. The second kappa shape index (κ2) is 8.90. The van der Waals surface area contributed by atoms with Crippen LogP contribution in [0.15, 0.2) is 18.2 Å². The second-order valence-electron chi connectivity index (χ2n) is 7.76. The third-order valence-corrected chi connectivity index (χ3v) is 4.46. The Morgan fingerprint density at radius 1 is 1.29 bits per heavy atom. The molecule has 0 atom stereocenters. The predicted molar refractivity (Wildman–Crippen MR) is 103 cm³/mol. The topological polar surface area (TPSA) is 111 Å². The molecule has 1 aromatic carbocycles. The van der Waals surface area contributed by atoms with E-state index < -0.39 is 16.6 Å². The Hall–Kier alpha value is -2.84. The molecular formula is C19H27N3O6. The minimum Gasteiger partial charge on any atom is -0.496 e. The van der Waals surface area contributed by atoms with Crippen LogP contribution in [0.5, 0.6) is 5.75 Å². The average molecular weight is 393 g/mol. The van der Waals surface area contributed by atoms with Crippen molar-refractivity contribution in [3.8, 4) is 5.75 Å². The maximum Gasteiger partial charge on any atom is 0.407 e. The van der Waals surface area contributed by atoms with E-state index in [1.165, 1.54) is 25.3 Å². The van der Waals surface area contributed by atoms with Crippen LogP contribution in [0.3, 0.4) is 0 Å². The van der Waals surface area contributed by atoms with Gasteiger partial charge in [-0.15, -0.1) is 0 Å². The summed E-state index contributed by atoms with van der Waals surface area (Å²) in [6, 6.07) is 3.99. The van der Waals surface area contributed by atoms with E-state index in [0.29, 0.717) is 25.4 Å². The van der Waals surface area contributed by atoms with Crippen molar-refractivity contribution in [2.45, 2.75) is 39.2 Å². The van der Waals surface area contributed by atoms with Gasteiger partial charge in [-0.25, -0.2) is 4.79 Å². The Labute approximate surface area is 164 Å². The minimum absolute atomic E-state index is 0.152. The number of nitro groups is 1. The Bertz CT molecular complexity index is 736. The van der Waals surface area contributed by atoms with Crippen LogP contribution in [0.2, 0.25) is 0 Å². The summed E-state index contributed by atoms with van der Waals surface area (Å²) in [5.74, 6) is 0.256. The van der Waals surface area contributed by atoms with Crippen LogP contribution in [-0.2, 0) is 4.74 Å². The summed E-state index contributed by atoms with van der Waals surface area (Å²) in [4.78, 5) is 36.7. The summed E-state index contributed by atoms with van der Waals surface area (Å²) in [5, 5.41) is 13.8. The van der Waals surface area contributed by atoms with Gasteiger partial charge in [0.25, 0.3) is 11.6 Å². The molecule has 154 valence electrons. The number of likely N-dealkylation sites (tertiary alicyclic amines) is 1. The highest BCUT2D eigenvalue weighted by atomic mass is 16.6. The van der Waals surface area contributed by atoms with Gasteiger partial charge in [0, 0.05) is 31.8 Å². The first kappa shape index (κ1) is 21.5. The van der Waals surface area contributed by atoms with Crippen molar-refractivity contribution in [1.29, 1.82) is 0 Å². The number of non-ortho nitro benzene ring substituents is 1. The summed E-state index contributed by atoms with van der Waals surface area (Å²) >= 11 is 0. The van der Waals surface area contributed by atoms with Crippen molar-refractivity contribution >= 4 is 17.7 Å². The number of hydrogen-bond donors (Lipinski definition) is 1. The van der Waals surface area contributed by atoms with Gasteiger partial charge in [-0.2, -0.15) is 0 Å². The van der Waals surface area contributed by atoms with Crippen LogP contribution in [0.25, 0.3) is 0 Å². The van der Waals surface area contributed by atoms with Gasteiger partial charge in [-0.05, 0) is 45.6 Å². The summed E-state index contributed by atoms with van der Waals surface area (Å²) in [7, 11) is 1.42. The Morgan fingerprint density at radius 3 is 2.46 bits per heavy atom. The van der Waals surface area contributed by atoms with E-state index >= 15 is 0 Å². The summed E-state index contributed by atoms with van der Waals surface area (Å²) < 4.78 is 10.4. The van der Waals surface area contributed by atoms with Crippen LogP contribution in [0.1, 0.15) is 44.0 Å². The van der Waals surface area contributed by atoms with Crippen LogP contribution in [0, 0.1) is 16.0 Å². The first-order valence-corrected chi connectivity index (χ1v) is 9.19. The van der Waals surface area contributed by atoms with Gasteiger partial charge in [0.2, 0.25) is 0 Å². The van der Waals surface area contributed by atoms with E-state index in [9.17, 15) is 19.7 Å². The molecule has 1 fully saturated rings.